The average Bonchev–Trinajstić information content (AvgIpc) is 1.69. The van der Waals surface area contributed by atoms with Gasteiger partial charge in [0.1, 0.15) is 39.8 Å². The van der Waals surface area contributed by atoms with E-state index in [0.717, 1.165) is 162 Å². The zero-order chi connectivity index (χ0) is 74.3. The van der Waals surface area contributed by atoms with E-state index in [9.17, 15) is 0 Å². The van der Waals surface area contributed by atoms with E-state index in [1.54, 1.807) is 12.4 Å². The summed E-state index contributed by atoms with van der Waals surface area (Å²) >= 11 is 0. The zero-order valence-electron chi connectivity index (χ0n) is 61.1. The number of imidazole rings is 4. The summed E-state index contributed by atoms with van der Waals surface area (Å²) < 4.78 is 25.6. The largest absolute Gasteiger partial charge is 0.491 e. The molecule has 8 aromatic carbocycles. The Labute approximate surface area is 630 Å². The van der Waals surface area contributed by atoms with Crippen LogP contribution in [0.25, 0.3) is 145 Å². The Bertz CT molecular complexity index is 5900. The van der Waals surface area contributed by atoms with E-state index in [2.05, 4.69) is 216 Å². The van der Waals surface area contributed by atoms with Crippen LogP contribution in [0.5, 0.6) is 17.2 Å². The van der Waals surface area contributed by atoms with Crippen molar-refractivity contribution < 1.29 is 14.2 Å². The fourth-order valence-electron chi connectivity index (χ4n) is 13.4. The van der Waals surface area contributed by atoms with Crippen molar-refractivity contribution >= 4 is 61.0 Å². The molecule has 0 spiro atoms. The molecule has 0 aliphatic rings. The highest BCUT2D eigenvalue weighted by molar-refractivity contribution is 5.88. The predicted molar refractivity (Wildman–Crippen MR) is 440 cm³/mol. The van der Waals surface area contributed by atoms with Crippen molar-refractivity contribution in [3.63, 3.8) is 0 Å². The molecule has 0 atom stereocenters. The number of hydrogen-bond acceptors (Lipinski definition) is 12. The number of fused-ring (bicyclic) bond motifs is 7. The van der Waals surface area contributed by atoms with Crippen LogP contribution in [0, 0.1) is 0 Å². The monoisotopic (exact) mass is 1420 g/mol. The third-order valence-electron chi connectivity index (χ3n) is 18.6. The highest BCUT2D eigenvalue weighted by Gasteiger charge is 2.15. The number of nitrogen functional groups attached to an aromatic ring is 1. The van der Waals surface area contributed by atoms with E-state index < -0.39 is 0 Å². The minimum atomic E-state index is 0.168. The highest BCUT2D eigenvalue weighted by Crippen LogP contribution is 2.34. The minimum Gasteiger partial charge on any atom is -0.491 e. The number of aromatic nitrogens is 12. The van der Waals surface area contributed by atoms with Crippen LogP contribution >= 0.6 is 0 Å². The SMILES string of the molecule is CC(C)Oc1ccc(-c2ccn3c(-c4ccc5cnccc5c4)cnc3c2)cc1.CC(C)Oc1ccc(-c2ccn3c(-c4ccc5nccnc5c4)cnc3c2)cc1.CC(C)Oc1ccc(-c2ccn3c(-c4cnc5ccccc5c4)cnc3c2)cc1.Nc1ccc(-c2ccn3c(-c4ccccc4)cnc3c2)cc1. The summed E-state index contributed by atoms with van der Waals surface area (Å²) in [6, 6.07) is 84.5. The number of nitrogens with zero attached hydrogens (tertiary/aromatic N) is 12. The van der Waals surface area contributed by atoms with Crippen molar-refractivity contribution in [1.29, 1.82) is 0 Å². The first kappa shape index (κ1) is 69.3. The van der Waals surface area contributed by atoms with Crippen LogP contribution < -0.4 is 19.9 Å². The first-order valence-electron chi connectivity index (χ1n) is 36.3. The Balaban J connectivity index is 0.000000111. The molecular weight excluding hydrogens is 1350 g/mol. The van der Waals surface area contributed by atoms with Gasteiger partial charge in [0.05, 0.1) is 82.4 Å². The number of para-hydroxylation sites is 1. The molecule has 0 saturated heterocycles. The van der Waals surface area contributed by atoms with Crippen molar-refractivity contribution in [2.45, 2.75) is 59.9 Å². The van der Waals surface area contributed by atoms with Crippen LogP contribution in [0.4, 0.5) is 5.69 Å². The van der Waals surface area contributed by atoms with Crippen LogP contribution in [0.3, 0.4) is 0 Å². The van der Waals surface area contributed by atoms with Gasteiger partial charge in [-0.3, -0.25) is 37.5 Å². The molecule has 532 valence electrons. The lowest BCUT2D eigenvalue weighted by Crippen LogP contribution is -2.05. The summed E-state index contributed by atoms with van der Waals surface area (Å²) in [7, 11) is 0. The molecule has 16 heteroatoms. The molecule has 0 radical (unpaired) electrons. The molecule has 0 saturated carbocycles. The Morgan fingerprint density at radius 2 is 0.651 bits per heavy atom. The second-order valence-electron chi connectivity index (χ2n) is 27.3. The molecule has 11 heterocycles. The summed E-state index contributed by atoms with van der Waals surface area (Å²) in [6.45, 7) is 12.2. The average molecular weight is 1420 g/mol. The number of ether oxygens (including phenoxy) is 3. The Morgan fingerprint density at radius 3 is 1.13 bits per heavy atom. The molecule has 0 aliphatic carbocycles. The molecule has 109 heavy (non-hydrogen) atoms. The predicted octanol–water partition coefficient (Wildman–Crippen LogP) is 21.7. The van der Waals surface area contributed by atoms with Crippen LogP contribution in [0.1, 0.15) is 41.5 Å². The van der Waals surface area contributed by atoms with Gasteiger partial charge in [0, 0.05) is 94.5 Å². The van der Waals surface area contributed by atoms with Crippen LogP contribution in [0.15, 0.2) is 329 Å². The molecule has 19 aromatic rings. The number of nitrogens with two attached hydrogens (primary N) is 1. The third kappa shape index (κ3) is 15.5. The Morgan fingerprint density at radius 1 is 0.257 bits per heavy atom. The number of benzene rings is 8. The van der Waals surface area contributed by atoms with Crippen LogP contribution in [0.2, 0.25) is 0 Å². The van der Waals surface area contributed by atoms with Gasteiger partial charge in [-0.1, -0.05) is 115 Å². The number of rotatable bonds is 14. The fourth-order valence-corrected chi connectivity index (χ4v) is 13.4. The maximum absolute atomic E-state index is 5.75. The lowest BCUT2D eigenvalue weighted by atomic mass is 10.1. The van der Waals surface area contributed by atoms with Crippen molar-refractivity contribution in [3.8, 4) is 107 Å². The molecule has 0 unspecified atom stereocenters. The van der Waals surface area contributed by atoms with E-state index >= 15 is 0 Å². The van der Waals surface area contributed by atoms with Crippen molar-refractivity contribution in [2.24, 2.45) is 0 Å². The first-order chi connectivity index (χ1) is 53.3. The zero-order valence-corrected chi connectivity index (χ0v) is 61.1. The van der Waals surface area contributed by atoms with Crippen molar-refractivity contribution in [3.05, 3.63) is 329 Å². The molecule has 2 N–H and O–H groups in total. The fraction of sp³-hybridized carbons (Fsp3) is 0.0968. The van der Waals surface area contributed by atoms with Gasteiger partial charge in [0.25, 0.3) is 0 Å². The van der Waals surface area contributed by atoms with Gasteiger partial charge in [-0.05, 0) is 225 Å². The summed E-state index contributed by atoms with van der Waals surface area (Å²) in [4.78, 5) is 35.9. The molecular formula is C93H77N13O3. The molecule has 0 fully saturated rings. The number of hydrogen-bond donors (Lipinski definition) is 1. The third-order valence-corrected chi connectivity index (χ3v) is 18.6. The van der Waals surface area contributed by atoms with Gasteiger partial charge < -0.3 is 19.9 Å². The topological polar surface area (TPSA) is 174 Å². The van der Waals surface area contributed by atoms with Crippen LogP contribution in [-0.2, 0) is 0 Å². The minimum absolute atomic E-state index is 0.168. The van der Waals surface area contributed by atoms with E-state index in [1.165, 1.54) is 5.39 Å². The molecule has 11 aromatic heterocycles. The quantitative estimate of drug-likeness (QED) is 0.102. The maximum atomic E-state index is 5.75. The lowest BCUT2D eigenvalue weighted by Gasteiger charge is -2.10. The van der Waals surface area contributed by atoms with Gasteiger partial charge in [0.15, 0.2) is 0 Å². The van der Waals surface area contributed by atoms with Gasteiger partial charge in [-0.25, -0.2) is 19.9 Å². The van der Waals surface area contributed by atoms with E-state index in [1.807, 2.05) is 200 Å². The van der Waals surface area contributed by atoms with Crippen LogP contribution in [-0.4, -0.2) is 75.8 Å². The van der Waals surface area contributed by atoms with Gasteiger partial charge >= 0.3 is 0 Å². The van der Waals surface area contributed by atoms with E-state index in [-0.39, 0.29) is 18.3 Å². The summed E-state index contributed by atoms with van der Waals surface area (Å²) in [5.74, 6) is 2.66. The summed E-state index contributed by atoms with van der Waals surface area (Å²) in [6.07, 6.45) is 25.5. The number of pyridine rings is 6. The van der Waals surface area contributed by atoms with Gasteiger partial charge in [0.2, 0.25) is 0 Å². The Hall–Kier alpha value is -14.1. The normalized spacial score (nSPS) is 11.3. The Kier molecular flexibility index (Phi) is 19.6. The lowest BCUT2D eigenvalue weighted by molar-refractivity contribution is 0.242. The second kappa shape index (κ2) is 30.9. The highest BCUT2D eigenvalue weighted by atomic mass is 16.5. The van der Waals surface area contributed by atoms with E-state index in [4.69, 9.17) is 19.9 Å². The summed E-state index contributed by atoms with van der Waals surface area (Å²) in [5, 5.41) is 3.44. The van der Waals surface area contributed by atoms with Gasteiger partial charge in [-0.2, -0.15) is 0 Å². The molecule has 16 nitrogen and oxygen atoms in total. The number of anilines is 1. The molecule has 19 rings (SSSR count). The first-order valence-corrected chi connectivity index (χ1v) is 36.3. The summed E-state index contributed by atoms with van der Waals surface area (Å²) in [5.41, 5.74) is 30.7. The maximum Gasteiger partial charge on any atom is 0.137 e. The second-order valence-corrected chi connectivity index (χ2v) is 27.3. The smallest absolute Gasteiger partial charge is 0.137 e. The molecule has 0 amide bonds. The molecule has 0 aliphatic heterocycles. The standard InChI is InChI=1S/2C25H21N3O.C24H20N4O.C19H15N3/c1-17(2)29-23-7-5-18(6-8-23)20-10-12-28-24(16-27-25(28)14-20)21-3-4-22-15-26-11-9-19(22)13-21;1-17(2)29-22-9-7-18(8-10-22)19-11-12-28-24(16-27-25(28)14-19)21-13-20-5-3-4-6-23(20)26-15-21;1-16(2)29-20-6-3-17(4-7-20)18-9-12-28-23(15-27-24(28)14-18)19-5-8-21-22(13-19)26-11-10-25-21;20-17-8-6-14(7-9-17)16-10-11-22-18(13-21-19(22)12-16)15-4-2-1-3-5-15/h2*3-17H,1-2H3;3-16H,1-2H3;1-13H,20H2. The van der Waals surface area contributed by atoms with Crippen molar-refractivity contribution in [1.82, 2.24) is 57.5 Å². The van der Waals surface area contributed by atoms with Crippen molar-refractivity contribution in [2.75, 3.05) is 5.73 Å². The van der Waals surface area contributed by atoms with E-state index in [0.29, 0.717) is 0 Å². The molecule has 0 bridgehead atoms. The van der Waals surface area contributed by atoms with Gasteiger partial charge in [-0.15, -0.1) is 0 Å².